The number of thioether (sulfide) groups is 1. The summed E-state index contributed by atoms with van der Waals surface area (Å²) in [7, 11) is 1.51. The van der Waals surface area contributed by atoms with Crippen molar-refractivity contribution in [2.24, 2.45) is 15.9 Å². The number of hydrogen-bond donors (Lipinski definition) is 1. The molecule has 0 unspecified atom stereocenters. The van der Waals surface area contributed by atoms with E-state index in [0.717, 1.165) is 16.7 Å². The Hall–Kier alpha value is -3.20. The SMILES string of the molecule is COc1cccc(N2C(=O)C[C@H](SC(N)=N/N=C(/C)c3ccc(F)cc3)C2=O)c1. The monoisotopic (exact) mass is 414 g/mol. The van der Waals surface area contributed by atoms with E-state index in [0.29, 0.717) is 22.7 Å². The number of carbonyl (C=O) groups excluding carboxylic acids is 2. The van der Waals surface area contributed by atoms with E-state index >= 15 is 0 Å². The van der Waals surface area contributed by atoms with Gasteiger partial charge in [-0.05, 0) is 36.8 Å². The molecule has 9 heteroatoms. The zero-order chi connectivity index (χ0) is 21.0. The number of rotatable bonds is 5. The lowest BCUT2D eigenvalue weighted by Crippen LogP contribution is -2.31. The summed E-state index contributed by atoms with van der Waals surface area (Å²) < 4.78 is 18.1. The molecule has 2 amide bonds. The number of nitrogens with two attached hydrogens (primary N) is 1. The first-order valence-corrected chi connectivity index (χ1v) is 9.58. The van der Waals surface area contributed by atoms with Gasteiger partial charge >= 0.3 is 0 Å². The van der Waals surface area contributed by atoms with Gasteiger partial charge in [0.25, 0.3) is 0 Å². The molecular formula is C20H19FN4O3S. The van der Waals surface area contributed by atoms with Crippen LogP contribution in [0.25, 0.3) is 0 Å². The third-order valence-electron chi connectivity index (χ3n) is 4.24. The summed E-state index contributed by atoms with van der Waals surface area (Å²) in [5, 5.41) is 7.32. The van der Waals surface area contributed by atoms with E-state index in [1.165, 1.54) is 19.2 Å². The largest absolute Gasteiger partial charge is 0.497 e. The molecule has 1 heterocycles. The predicted molar refractivity (Wildman–Crippen MR) is 112 cm³/mol. The lowest BCUT2D eigenvalue weighted by atomic mass is 10.1. The standard InChI is InChI=1S/C20H19FN4O3S/c1-12(13-6-8-14(21)9-7-13)23-24-20(22)29-17-11-18(26)25(19(17)27)15-4-3-5-16(10-15)28-2/h3-10,17H,11H2,1-2H3,(H2,22,24)/b23-12-/t17-/m0/s1. The van der Waals surface area contributed by atoms with Gasteiger partial charge in [0.15, 0.2) is 5.17 Å². The van der Waals surface area contributed by atoms with E-state index < -0.39 is 5.25 Å². The molecule has 0 aliphatic carbocycles. The molecule has 29 heavy (non-hydrogen) atoms. The molecule has 0 radical (unpaired) electrons. The second-order valence-electron chi connectivity index (χ2n) is 6.21. The molecule has 1 saturated heterocycles. The molecule has 1 atom stereocenters. The van der Waals surface area contributed by atoms with Crippen molar-refractivity contribution in [3.05, 3.63) is 59.9 Å². The van der Waals surface area contributed by atoms with Gasteiger partial charge < -0.3 is 10.5 Å². The maximum atomic E-state index is 13.0. The van der Waals surface area contributed by atoms with E-state index in [4.69, 9.17) is 10.5 Å². The number of benzene rings is 2. The molecule has 3 rings (SSSR count). The number of ether oxygens (including phenoxy) is 1. The number of amides is 2. The predicted octanol–water partition coefficient (Wildman–Crippen LogP) is 2.94. The Balaban J connectivity index is 1.70. The Morgan fingerprint density at radius 2 is 1.93 bits per heavy atom. The highest BCUT2D eigenvalue weighted by Gasteiger charge is 2.40. The van der Waals surface area contributed by atoms with Gasteiger partial charge in [-0.1, -0.05) is 30.0 Å². The van der Waals surface area contributed by atoms with Crippen LogP contribution in [0.2, 0.25) is 0 Å². The molecule has 1 fully saturated rings. The van der Waals surface area contributed by atoms with Crippen molar-refractivity contribution >= 4 is 40.1 Å². The second kappa shape index (κ2) is 8.87. The number of nitrogens with zero attached hydrogens (tertiary/aromatic N) is 3. The summed E-state index contributed by atoms with van der Waals surface area (Å²) in [5.74, 6) is -0.485. The summed E-state index contributed by atoms with van der Waals surface area (Å²) >= 11 is 0.984. The van der Waals surface area contributed by atoms with Gasteiger partial charge in [-0.25, -0.2) is 9.29 Å². The van der Waals surface area contributed by atoms with Crippen molar-refractivity contribution in [1.29, 1.82) is 0 Å². The van der Waals surface area contributed by atoms with Crippen LogP contribution in [0.5, 0.6) is 5.75 Å². The fraction of sp³-hybridized carbons (Fsp3) is 0.200. The third kappa shape index (κ3) is 4.80. The van der Waals surface area contributed by atoms with Gasteiger partial charge in [-0.15, -0.1) is 5.10 Å². The van der Waals surface area contributed by atoms with Crippen LogP contribution >= 0.6 is 11.8 Å². The molecule has 0 aromatic heterocycles. The minimum atomic E-state index is -0.682. The molecule has 150 valence electrons. The first-order valence-electron chi connectivity index (χ1n) is 8.70. The van der Waals surface area contributed by atoms with E-state index in [1.54, 1.807) is 43.3 Å². The Bertz CT molecular complexity index is 991. The molecule has 0 saturated carbocycles. The summed E-state index contributed by atoms with van der Waals surface area (Å²) in [6.45, 7) is 1.71. The highest BCUT2D eigenvalue weighted by molar-refractivity contribution is 8.14. The molecule has 1 aliphatic rings. The number of anilines is 1. The molecule has 0 bridgehead atoms. The molecule has 2 aromatic rings. The van der Waals surface area contributed by atoms with Gasteiger partial charge in [0, 0.05) is 12.5 Å². The smallest absolute Gasteiger partial charge is 0.247 e. The van der Waals surface area contributed by atoms with Crippen LogP contribution in [-0.2, 0) is 9.59 Å². The highest BCUT2D eigenvalue weighted by atomic mass is 32.2. The topological polar surface area (TPSA) is 97.3 Å². The fourth-order valence-corrected chi connectivity index (χ4v) is 3.57. The average Bonchev–Trinajstić information content (AvgIpc) is 2.99. The van der Waals surface area contributed by atoms with Gasteiger partial charge in [0.1, 0.15) is 16.8 Å². The zero-order valence-electron chi connectivity index (χ0n) is 15.8. The van der Waals surface area contributed by atoms with Crippen LogP contribution in [0.15, 0.2) is 58.7 Å². The summed E-state index contributed by atoms with van der Waals surface area (Å²) in [6, 6.07) is 12.5. The number of hydrogen-bond acceptors (Lipinski definition) is 6. The fourth-order valence-electron chi connectivity index (χ4n) is 2.76. The summed E-state index contributed by atoms with van der Waals surface area (Å²) in [5.41, 5.74) is 7.57. The van der Waals surface area contributed by atoms with Gasteiger partial charge in [0.2, 0.25) is 11.8 Å². The van der Waals surface area contributed by atoms with E-state index in [-0.39, 0.29) is 29.2 Å². The Morgan fingerprint density at radius 1 is 1.21 bits per heavy atom. The molecular weight excluding hydrogens is 395 g/mol. The molecule has 0 spiro atoms. The van der Waals surface area contributed by atoms with Crippen LogP contribution in [0, 0.1) is 5.82 Å². The van der Waals surface area contributed by atoms with Crippen LogP contribution in [0.3, 0.4) is 0 Å². The summed E-state index contributed by atoms with van der Waals surface area (Å²) in [6.07, 6.45) is 0.0115. The number of carbonyl (C=O) groups is 2. The number of amidine groups is 1. The first-order chi connectivity index (χ1) is 13.9. The molecule has 7 nitrogen and oxygen atoms in total. The minimum Gasteiger partial charge on any atom is -0.497 e. The average molecular weight is 414 g/mol. The van der Waals surface area contributed by atoms with Crippen molar-refractivity contribution < 1.29 is 18.7 Å². The molecule has 1 aliphatic heterocycles. The number of imide groups is 1. The van der Waals surface area contributed by atoms with Crippen LogP contribution in [0.1, 0.15) is 18.9 Å². The number of methoxy groups -OCH3 is 1. The first kappa shape index (κ1) is 20.5. The summed E-state index contributed by atoms with van der Waals surface area (Å²) in [4.78, 5) is 26.2. The van der Waals surface area contributed by atoms with Crippen molar-refractivity contribution in [3.8, 4) is 5.75 Å². The zero-order valence-corrected chi connectivity index (χ0v) is 16.6. The van der Waals surface area contributed by atoms with Crippen molar-refractivity contribution in [2.75, 3.05) is 12.0 Å². The van der Waals surface area contributed by atoms with Gasteiger partial charge in [-0.2, -0.15) is 5.10 Å². The van der Waals surface area contributed by atoms with Gasteiger partial charge in [0.05, 0.1) is 18.5 Å². The van der Waals surface area contributed by atoms with Crippen LogP contribution in [-0.4, -0.2) is 35.1 Å². The highest BCUT2D eigenvalue weighted by Crippen LogP contribution is 2.31. The lowest BCUT2D eigenvalue weighted by molar-refractivity contribution is -0.121. The van der Waals surface area contributed by atoms with Crippen molar-refractivity contribution in [2.45, 2.75) is 18.6 Å². The Morgan fingerprint density at radius 3 is 2.62 bits per heavy atom. The second-order valence-corrected chi connectivity index (χ2v) is 7.43. The minimum absolute atomic E-state index is 0.0115. The third-order valence-corrected chi connectivity index (χ3v) is 5.22. The van der Waals surface area contributed by atoms with E-state index in [9.17, 15) is 14.0 Å². The maximum absolute atomic E-state index is 13.0. The van der Waals surface area contributed by atoms with Crippen LogP contribution in [0.4, 0.5) is 10.1 Å². The quantitative estimate of drug-likeness (QED) is 0.351. The molecule has 2 aromatic carbocycles. The van der Waals surface area contributed by atoms with Gasteiger partial charge in [-0.3, -0.25) is 9.59 Å². The number of halogens is 1. The maximum Gasteiger partial charge on any atom is 0.247 e. The van der Waals surface area contributed by atoms with E-state index in [1.807, 2.05) is 0 Å². The Labute approximate surface area is 171 Å². The van der Waals surface area contributed by atoms with Crippen LogP contribution < -0.4 is 15.4 Å². The van der Waals surface area contributed by atoms with E-state index in [2.05, 4.69) is 10.2 Å². The molecule has 2 N–H and O–H groups in total. The normalized spacial score (nSPS) is 17.8. The van der Waals surface area contributed by atoms with Crippen molar-refractivity contribution in [3.63, 3.8) is 0 Å². The lowest BCUT2D eigenvalue weighted by Gasteiger charge is -2.15. The Kier molecular flexibility index (Phi) is 6.28. The van der Waals surface area contributed by atoms with Crippen molar-refractivity contribution in [1.82, 2.24) is 0 Å².